The van der Waals surface area contributed by atoms with E-state index in [4.69, 9.17) is 0 Å². The van der Waals surface area contributed by atoms with Crippen molar-refractivity contribution in [3.8, 4) is 0 Å². The quantitative estimate of drug-likeness (QED) is 0.665. The van der Waals surface area contributed by atoms with Gasteiger partial charge in [0.15, 0.2) is 0 Å². The molecule has 1 aromatic rings. The lowest BCUT2D eigenvalue weighted by Gasteiger charge is -2.04. The Bertz CT molecular complexity index is 343. The van der Waals surface area contributed by atoms with E-state index in [2.05, 4.69) is 26.2 Å². The molecule has 0 amide bonds. The summed E-state index contributed by atoms with van der Waals surface area (Å²) in [6.45, 7) is 0.495. The molecule has 0 aliphatic carbocycles. The number of hydroxylamine groups is 1. The molecule has 0 radical (unpaired) electrons. The molecule has 0 aliphatic heterocycles. The van der Waals surface area contributed by atoms with Gasteiger partial charge in [0.25, 0.3) is 5.69 Å². The molecule has 0 bridgehead atoms. The van der Waals surface area contributed by atoms with Crippen molar-refractivity contribution in [2.24, 2.45) is 0 Å². The molecule has 5 nitrogen and oxygen atoms in total. The first-order valence-electron chi connectivity index (χ1n) is 3.84. The normalized spacial score (nSPS) is 10.1. The van der Waals surface area contributed by atoms with Crippen LogP contribution in [0.2, 0.25) is 0 Å². The van der Waals surface area contributed by atoms with Crippen molar-refractivity contribution in [1.82, 2.24) is 5.48 Å². The lowest BCUT2D eigenvalue weighted by molar-refractivity contribution is -0.384. The predicted octanol–water partition coefficient (Wildman–Crippen LogP) is 2.01. The Labute approximate surface area is 89.3 Å². The summed E-state index contributed by atoms with van der Waals surface area (Å²) >= 11 is 3.25. The molecular formula is C8H9BrN2O3. The third-order valence-corrected chi connectivity index (χ3v) is 2.39. The number of nitrogens with one attached hydrogen (secondary N) is 1. The van der Waals surface area contributed by atoms with E-state index in [9.17, 15) is 10.1 Å². The number of rotatable bonds is 4. The van der Waals surface area contributed by atoms with Gasteiger partial charge in [-0.2, -0.15) is 5.48 Å². The van der Waals surface area contributed by atoms with Crippen molar-refractivity contribution >= 4 is 21.6 Å². The molecule has 0 saturated heterocycles. The smallest absolute Gasteiger partial charge is 0.270 e. The van der Waals surface area contributed by atoms with Crippen LogP contribution in [-0.2, 0) is 11.4 Å². The van der Waals surface area contributed by atoms with Crippen molar-refractivity contribution in [3.05, 3.63) is 38.3 Å². The summed E-state index contributed by atoms with van der Waals surface area (Å²) in [5.74, 6) is 0. The van der Waals surface area contributed by atoms with Gasteiger partial charge in [-0.25, -0.2) is 0 Å². The second kappa shape index (κ2) is 5.04. The van der Waals surface area contributed by atoms with Crippen LogP contribution in [-0.4, -0.2) is 12.0 Å². The molecule has 76 valence electrons. The van der Waals surface area contributed by atoms with Gasteiger partial charge in [-0.15, -0.1) is 0 Å². The monoisotopic (exact) mass is 260 g/mol. The minimum atomic E-state index is -0.432. The standard InChI is InChI=1S/C8H9BrN2O3/c1-14-10-5-6-2-3-7(11(12)13)4-8(6)9/h2-4,10H,5H2,1H3. The molecule has 0 spiro atoms. The SMILES string of the molecule is CONCc1ccc([N+](=O)[O-])cc1Br. The Kier molecular flexibility index (Phi) is 3.99. The van der Waals surface area contributed by atoms with Crippen LogP contribution in [0.1, 0.15) is 5.56 Å². The summed E-state index contributed by atoms with van der Waals surface area (Å²) in [5.41, 5.74) is 3.62. The molecular weight excluding hydrogens is 252 g/mol. The zero-order valence-corrected chi connectivity index (χ0v) is 9.08. The second-order valence-electron chi connectivity index (χ2n) is 2.56. The van der Waals surface area contributed by atoms with Gasteiger partial charge in [0.2, 0.25) is 0 Å². The number of halogens is 1. The number of benzene rings is 1. The van der Waals surface area contributed by atoms with Gasteiger partial charge in [-0.05, 0) is 11.6 Å². The molecule has 0 aliphatic rings. The van der Waals surface area contributed by atoms with Crippen molar-refractivity contribution in [1.29, 1.82) is 0 Å². The van der Waals surface area contributed by atoms with Crippen LogP contribution < -0.4 is 5.48 Å². The van der Waals surface area contributed by atoms with Crippen molar-refractivity contribution in [2.75, 3.05) is 7.11 Å². The maximum atomic E-state index is 10.4. The molecule has 0 saturated carbocycles. The van der Waals surface area contributed by atoms with Gasteiger partial charge >= 0.3 is 0 Å². The Morgan fingerprint density at radius 3 is 2.86 bits per heavy atom. The molecule has 0 aromatic heterocycles. The lowest BCUT2D eigenvalue weighted by atomic mass is 10.2. The summed E-state index contributed by atoms with van der Waals surface area (Å²) in [6, 6.07) is 4.60. The highest BCUT2D eigenvalue weighted by atomic mass is 79.9. The van der Waals surface area contributed by atoms with Crippen LogP contribution >= 0.6 is 15.9 Å². The molecule has 14 heavy (non-hydrogen) atoms. The summed E-state index contributed by atoms with van der Waals surface area (Å²) in [4.78, 5) is 14.7. The van der Waals surface area contributed by atoms with Gasteiger partial charge in [0, 0.05) is 23.2 Å². The van der Waals surface area contributed by atoms with E-state index in [1.165, 1.54) is 19.2 Å². The zero-order valence-electron chi connectivity index (χ0n) is 7.49. The first-order valence-corrected chi connectivity index (χ1v) is 4.63. The van der Waals surface area contributed by atoms with E-state index in [-0.39, 0.29) is 5.69 Å². The molecule has 0 unspecified atom stereocenters. The van der Waals surface area contributed by atoms with Crippen molar-refractivity contribution in [2.45, 2.75) is 6.54 Å². The molecule has 6 heteroatoms. The van der Waals surface area contributed by atoms with E-state index in [0.717, 1.165) is 5.56 Å². The second-order valence-corrected chi connectivity index (χ2v) is 3.41. The highest BCUT2D eigenvalue weighted by Crippen LogP contribution is 2.22. The maximum Gasteiger partial charge on any atom is 0.270 e. The number of nitrogens with zero attached hydrogens (tertiary/aromatic N) is 1. The lowest BCUT2D eigenvalue weighted by Crippen LogP contribution is -2.11. The fourth-order valence-electron chi connectivity index (χ4n) is 0.943. The number of hydrogen-bond donors (Lipinski definition) is 1. The molecule has 1 rings (SSSR count). The van der Waals surface area contributed by atoms with Crippen LogP contribution in [0.15, 0.2) is 22.7 Å². The number of nitro benzene ring substituents is 1. The highest BCUT2D eigenvalue weighted by molar-refractivity contribution is 9.10. The number of non-ortho nitro benzene ring substituents is 1. The van der Waals surface area contributed by atoms with Gasteiger partial charge in [0.05, 0.1) is 12.0 Å². The van der Waals surface area contributed by atoms with Crippen LogP contribution in [0.25, 0.3) is 0 Å². The minimum absolute atomic E-state index is 0.0676. The van der Waals surface area contributed by atoms with Gasteiger partial charge in [-0.1, -0.05) is 15.9 Å². The average Bonchev–Trinajstić information content (AvgIpc) is 2.15. The van der Waals surface area contributed by atoms with Crippen LogP contribution in [0, 0.1) is 10.1 Å². The van der Waals surface area contributed by atoms with Gasteiger partial charge < -0.3 is 4.84 Å². The fraction of sp³-hybridized carbons (Fsp3) is 0.250. The average molecular weight is 261 g/mol. The summed E-state index contributed by atoms with van der Waals surface area (Å²) in [7, 11) is 1.51. The topological polar surface area (TPSA) is 64.4 Å². The molecule has 0 fully saturated rings. The third kappa shape index (κ3) is 2.76. The van der Waals surface area contributed by atoms with Crippen LogP contribution in [0.5, 0.6) is 0 Å². The fourth-order valence-corrected chi connectivity index (χ4v) is 1.45. The molecule has 1 N–H and O–H groups in total. The molecule has 0 heterocycles. The first kappa shape index (κ1) is 11.1. The third-order valence-electron chi connectivity index (χ3n) is 1.65. The molecule has 0 atom stereocenters. The van der Waals surface area contributed by atoms with Gasteiger partial charge in [-0.3, -0.25) is 10.1 Å². The van der Waals surface area contributed by atoms with Gasteiger partial charge in [0.1, 0.15) is 0 Å². The van der Waals surface area contributed by atoms with E-state index in [1.54, 1.807) is 6.07 Å². The molecule has 1 aromatic carbocycles. The number of hydrogen-bond acceptors (Lipinski definition) is 4. The zero-order chi connectivity index (χ0) is 10.6. The summed E-state index contributed by atoms with van der Waals surface area (Å²) in [6.07, 6.45) is 0. The Balaban J connectivity index is 2.84. The van der Waals surface area contributed by atoms with Crippen LogP contribution in [0.4, 0.5) is 5.69 Å². The maximum absolute atomic E-state index is 10.4. The van der Waals surface area contributed by atoms with E-state index < -0.39 is 4.92 Å². The first-order chi connectivity index (χ1) is 6.65. The van der Waals surface area contributed by atoms with Crippen molar-refractivity contribution < 1.29 is 9.76 Å². The van der Waals surface area contributed by atoms with E-state index in [1.807, 2.05) is 0 Å². The Morgan fingerprint density at radius 1 is 1.64 bits per heavy atom. The van der Waals surface area contributed by atoms with Crippen molar-refractivity contribution in [3.63, 3.8) is 0 Å². The van der Waals surface area contributed by atoms with E-state index in [0.29, 0.717) is 11.0 Å². The summed E-state index contributed by atoms with van der Waals surface area (Å²) in [5, 5.41) is 10.4. The summed E-state index contributed by atoms with van der Waals surface area (Å²) < 4.78 is 0.691. The largest absolute Gasteiger partial charge is 0.305 e. The highest BCUT2D eigenvalue weighted by Gasteiger charge is 2.08. The Morgan fingerprint density at radius 2 is 2.36 bits per heavy atom. The minimum Gasteiger partial charge on any atom is -0.305 e. The predicted molar refractivity (Wildman–Crippen MR) is 54.6 cm³/mol. The number of nitro groups is 1. The Hall–Kier alpha value is -0.980. The van der Waals surface area contributed by atoms with Crippen LogP contribution in [0.3, 0.4) is 0 Å². The van der Waals surface area contributed by atoms with E-state index >= 15 is 0 Å².